The predicted molar refractivity (Wildman–Crippen MR) is 67.4 cm³/mol. The molecule has 0 atom stereocenters. The first-order valence-electron chi connectivity index (χ1n) is 5.51. The first-order valence-corrected chi connectivity index (χ1v) is 5.51. The number of nitrogens with one attached hydrogen (secondary N) is 1. The van der Waals surface area contributed by atoms with E-state index in [2.05, 4.69) is 10.5 Å². The third-order valence-electron chi connectivity index (χ3n) is 2.23. The molecule has 3 N–H and O–H groups in total. The molecule has 0 radical (unpaired) electrons. The monoisotopic (exact) mass is 271 g/mol. The van der Waals surface area contributed by atoms with Crippen LogP contribution in [0.15, 0.2) is 16.9 Å². The van der Waals surface area contributed by atoms with E-state index in [0.29, 0.717) is 0 Å². The minimum atomic E-state index is -1.56. The topological polar surface area (TPSA) is 123 Å². The maximum Gasteiger partial charge on any atom is 0.268 e. The highest BCUT2D eigenvalue weighted by molar-refractivity contribution is 5.97. The average Bonchev–Trinajstić information content (AvgIpc) is 2.34. The van der Waals surface area contributed by atoms with Gasteiger partial charge in [0.2, 0.25) is 0 Å². The van der Waals surface area contributed by atoms with Crippen LogP contribution < -0.4 is 5.32 Å². The van der Waals surface area contributed by atoms with E-state index in [1.807, 2.05) is 0 Å². The van der Waals surface area contributed by atoms with Gasteiger partial charge in [-0.05, 0) is 0 Å². The normalized spacial score (nSPS) is 12.7. The van der Waals surface area contributed by atoms with E-state index in [1.165, 1.54) is 6.20 Å². The quantitative estimate of drug-likeness (QED) is 0.230. The largest absolute Gasteiger partial charge is 0.394 e. The third kappa shape index (κ3) is 5.56. The summed E-state index contributed by atoms with van der Waals surface area (Å²) in [6, 6.07) is 1.73. The van der Waals surface area contributed by atoms with Crippen LogP contribution in [-0.2, 0) is 4.79 Å². The Morgan fingerprint density at radius 3 is 2.26 bits per heavy atom. The fourth-order valence-electron chi connectivity index (χ4n) is 1.23. The smallest absolute Gasteiger partial charge is 0.268 e. The minimum absolute atomic E-state index is 0.176. The van der Waals surface area contributed by atoms with Gasteiger partial charge in [0, 0.05) is 0 Å². The first-order chi connectivity index (χ1) is 8.73. The number of nitrogens with zero attached hydrogens (tertiary/aromatic N) is 3. The highest BCUT2D eigenvalue weighted by Gasteiger charge is 2.33. The van der Waals surface area contributed by atoms with E-state index in [0.717, 1.165) is 0 Å². The van der Waals surface area contributed by atoms with E-state index in [1.54, 1.807) is 27.2 Å². The third-order valence-corrected chi connectivity index (χ3v) is 2.23. The first kappa shape index (κ1) is 17.2. The Balaban J connectivity index is 5.16. The van der Waals surface area contributed by atoms with Gasteiger partial charge in [-0.15, -0.1) is 0 Å². The zero-order chi connectivity index (χ0) is 15.1. The molecule has 8 heteroatoms. The zero-order valence-corrected chi connectivity index (χ0v) is 11.3. The summed E-state index contributed by atoms with van der Waals surface area (Å²) in [6.45, 7) is -1.82. The Morgan fingerprint density at radius 1 is 1.42 bits per heavy atom. The highest BCUT2D eigenvalue weighted by atomic mass is 16.3. The molecule has 0 bridgehead atoms. The Labute approximate surface area is 111 Å². The Kier molecular flexibility index (Phi) is 6.27. The van der Waals surface area contributed by atoms with Crippen molar-refractivity contribution < 1.29 is 19.5 Å². The number of hydrogen-bond donors (Lipinski definition) is 3. The van der Waals surface area contributed by atoms with Crippen LogP contribution in [0.2, 0.25) is 0 Å². The van der Waals surface area contributed by atoms with Crippen LogP contribution in [0.5, 0.6) is 0 Å². The molecule has 0 unspecified atom stereocenters. The van der Waals surface area contributed by atoms with Crippen molar-refractivity contribution in [2.45, 2.75) is 5.54 Å². The van der Waals surface area contributed by atoms with Crippen LogP contribution in [-0.4, -0.2) is 67.0 Å². The fraction of sp³-hybridized carbons (Fsp3) is 0.636. The molecule has 0 aromatic heterocycles. The van der Waals surface area contributed by atoms with Gasteiger partial charge >= 0.3 is 0 Å². The molecule has 0 aromatic carbocycles. The van der Waals surface area contributed by atoms with E-state index in [9.17, 15) is 9.70 Å². The molecule has 0 aliphatic heterocycles. The van der Waals surface area contributed by atoms with Gasteiger partial charge in [0.05, 0.1) is 34.4 Å². The predicted octanol–water partition coefficient (Wildman–Crippen LogP) is -1.29. The summed E-state index contributed by atoms with van der Waals surface area (Å²) in [5, 5.41) is 32.1. The number of quaternary nitrogens is 1. The highest BCUT2D eigenvalue weighted by Crippen LogP contribution is 2.07. The second-order valence-corrected chi connectivity index (χ2v) is 5.11. The maximum atomic E-state index is 11.9. The van der Waals surface area contributed by atoms with Gasteiger partial charge in [0.25, 0.3) is 5.91 Å². The lowest BCUT2D eigenvalue weighted by Crippen LogP contribution is -2.57. The van der Waals surface area contributed by atoms with E-state index in [-0.39, 0.29) is 10.1 Å². The van der Waals surface area contributed by atoms with Crippen LogP contribution in [0.4, 0.5) is 0 Å². The van der Waals surface area contributed by atoms with E-state index in [4.69, 9.17) is 15.5 Å². The number of aliphatic hydroxyl groups is 2. The number of amides is 1. The van der Waals surface area contributed by atoms with Crippen molar-refractivity contribution in [3.8, 4) is 6.07 Å². The van der Waals surface area contributed by atoms with Crippen molar-refractivity contribution in [2.75, 3.05) is 40.9 Å². The molecule has 8 nitrogen and oxygen atoms in total. The molecule has 0 saturated heterocycles. The number of hydrogen-bond acceptors (Lipinski definition) is 6. The minimum Gasteiger partial charge on any atom is -0.394 e. The lowest BCUT2D eigenvalue weighted by atomic mass is 10.0. The van der Waals surface area contributed by atoms with Gasteiger partial charge < -0.3 is 20.0 Å². The molecule has 0 saturated carbocycles. The standard InChI is InChI=1S/C11H18N4O4/c1-15(2,3)5-9(4-12)10(18)14-11(7-16,8-17)6-13-19/h5,16-17H,6-8H2,1-3H3/p+1/b9-5+. The summed E-state index contributed by atoms with van der Waals surface area (Å²) in [7, 11) is 5.26. The van der Waals surface area contributed by atoms with Gasteiger partial charge in [-0.1, -0.05) is 5.18 Å². The molecule has 1 amide bonds. The molecule has 0 aliphatic carbocycles. The molecule has 0 fully saturated rings. The van der Waals surface area contributed by atoms with Crippen molar-refractivity contribution in [3.05, 3.63) is 16.7 Å². The average molecular weight is 271 g/mol. The van der Waals surface area contributed by atoms with Crippen LogP contribution in [0.3, 0.4) is 0 Å². The molecule has 0 heterocycles. The van der Waals surface area contributed by atoms with Gasteiger partial charge in [0.15, 0.2) is 5.57 Å². The van der Waals surface area contributed by atoms with E-state index < -0.39 is 31.2 Å². The van der Waals surface area contributed by atoms with Gasteiger partial charge in [-0.2, -0.15) is 10.2 Å². The molecule has 19 heavy (non-hydrogen) atoms. The van der Waals surface area contributed by atoms with Crippen LogP contribution in [0.25, 0.3) is 0 Å². The molecule has 0 aliphatic rings. The van der Waals surface area contributed by atoms with Crippen molar-refractivity contribution in [2.24, 2.45) is 5.18 Å². The second-order valence-electron chi connectivity index (χ2n) is 5.11. The summed E-state index contributed by atoms with van der Waals surface area (Å²) >= 11 is 0. The molecule has 0 spiro atoms. The van der Waals surface area contributed by atoms with Crippen molar-refractivity contribution in [1.82, 2.24) is 5.32 Å². The number of nitroso groups, excluding NO2 is 1. The number of aliphatic hydroxyl groups excluding tert-OH is 2. The van der Waals surface area contributed by atoms with Crippen LogP contribution in [0.1, 0.15) is 0 Å². The van der Waals surface area contributed by atoms with Gasteiger partial charge in [-0.3, -0.25) is 4.79 Å². The molecular formula is C11H19N4O4+. The summed E-state index contributed by atoms with van der Waals surface area (Å²) in [5.74, 6) is -0.776. The number of nitriles is 1. The van der Waals surface area contributed by atoms with Gasteiger partial charge in [0.1, 0.15) is 24.4 Å². The Hall–Kier alpha value is -1.82. The molecule has 0 aromatic rings. The lowest BCUT2D eigenvalue weighted by Gasteiger charge is -2.28. The van der Waals surface area contributed by atoms with Crippen molar-refractivity contribution in [3.63, 3.8) is 0 Å². The fourth-order valence-corrected chi connectivity index (χ4v) is 1.23. The Bertz CT molecular complexity index is 402. The zero-order valence-electron chi connectivity index (χ0n) is 11.3. The molecule has 0 rings (SSSR count). The summed E-state index contributed by atoms with van der Waals surface area (Å²) in [4.78, 5) is 22.2. The molecular weight excluding hydrogens is 252 g/mol. The number of carbonyl (C=O) groups is 1. The summed E-state index contributed by atoms with van der Waals surface area (Å²) in [6.07, 6.45) is 1.41. The van der Waals surface area contributed by atoms with E-state index >= 15 is 0 Å². The second kappa shape index (κ2) is 6.94. The number of rotatable bonds is 7. The van der Waals surface area contributed by atoms with Crippen molar-refractivity contribution >= 4 is 5.91 Å². The van der Waals surface area contributed by atoms with Crippen molar-refractivity contribution in [1.29, 1.82) is 5.26 Å². The summed E-state index contributed by atoms with van der Waals surface area (Å²) in [5.41, 5.74) is -1.73. The van der Waals surface area contributed by atoms with Crippen LogP contribution in [0, 0.1) is 16.2 Å². The maximum absolute atomic E-state index is 11.9. The van der Waals surface area contributed by atoms with Crippen LogP contribution >= 0.6 is 0 Å². The molecule has 106 valence electrons. The SMILES string of the molecule is C[N+](C)(C)/C=C(\C#N)C(=O)NC(CO)(CO)CN=O. The Morgan fingerprint density at radius 2 is 1.95 bits per heavy atom. The number of carbonyl (C=O) groups excluding carboxylic acids is 1. The van der Waals surface area contributed by atoms with Gasteiger partial charge in [-0.25, -0.2) is 0 Å². The lowest BCUT2D eigenvalue weighted by molar-refractivity contribution is -0.817. The summed E-state index contributed by atoms with van der Waals surface area (Å²) < 4.78 is 0.244.